The van der Waals surface area contributed by atoms with Crippen molar-refractivity contribution < 1.29 is 4.74 Å². The number of aromatic nitrogens is 1. The quantitative estimate of drug-likeness (QED) is 0.486. The number of ether oxygens (including phenoxy) is 1. The first-order valence-corrected chi connectivity index (χ1v) is 9.85. The fourth-order valence-electron chi connectivity index (χ4n) is 3.18. The highest BCUT2D eigenvalue weighted by molar-refractivity contribution is 7.83. The van der Waals surface area contributed by atoms with Crippen molar-refractivity contribution in [3.8, 4) is 0 Å². The lowest BCUT2D eigenvalue weighted by Gasteiger charge is -2.27. The standard InChI is InChI=1S/C22H26N4OS/c1-17-12-21(3-2-19(17)15-26-8-10-27-11-9-26)25-7-4-18-14-24-6-5-22(18)20(13-23)16-28/h2-7,12-14,16,23,25,28H,8-11,15H2,1H3/b7-4+,20-16+,23-13?. The van der Waals surface area contributed by atoms with Crippen LogP contribution in [-0.2, 0) is 11.3 Å². The summed E-state index contributed by atoms with van der Waals surface area (Å²) in [6.07, 6.45) is 8.66. The second kappa shape index (κ2) is 10.2. The van der Waals surface area contributed by atoms with Gasteiger partial charge in [-0.3, -0.25) is 9.88 Å². The number of hydrogen-bond donors (Lipinski definition) is 3. The fraction of sp³-hybridized carbons (Fsp3) is 0.273. The number of hydrogen-bond acceptors (Lipinski definition) is 6. The zero-order valence-corrected chi connectivity index (χ0v) is 17.0. The van der Waals surface area contributed by atoms with Crippen molar-refractivity contribution in [3.63, 3.8) is 0 Å². The number of benzene rings is 1. The molecular formula is C22H26N4OS. The number of aryl methyl sites for hydroxylation is 1. The van der Waals surface area contributed by atoms with Crippen molar-refractivity contribution >= 4 is 36.2 Å². The molecule has 0 amide bonds. The van der Waals surface area contributed by atoms with Gasteiger partial charge in [0.2, 0.25) is 0 Å². The summed E-state index contributed by atoms with van der Waals surface area (Å²) in [6.45, 7) is 6.75. The van der Waals surface area contributed by atoms with E-state index < -0.39 is 0 Å². The van der Waals surface area contributed by atoms with Crippen LogP contribution in [0.25, 0.3) is 11.6 Å². The Balaban J connectivity index is 1.66. The summed E-state index contributed by atoms with van der Waals surface area (Å²) >= 11 is 4.19. The SMILES string of the molecule is Cc1cc(N/C=C/c2cnccc2/C(C=N)=C/S)ccc1CN1CCOCC1. The lowest BCUT2D eigenvalue weighted by atomic mass is 10.0. The average molecular weight is 395 g/mol. The molecule has 1 saturated heterocycles. The van der Waals surface area contributed by atoms with Crippen molar-refractivity contribution in [2.45, 2.75) is 13.5 Å². The van der Waals surface area contributed by atoms with Gasteiger partial charge in [0.15, 0.2) is 0 Å². The molecule has 0 saturated carbocycles. The summed E-state index contributed by atoms with van der Waals surface area (Å²) in [4.78, 5) is 6.61. The van der Waals surface area contributed by atoms with Crippen LogP contribution in [-0.4, -0.2) is 42.4 Å². The second-order valence-corrected chi connectivity index (χ2v) is 6.96. The first-order chi connectivity index (χ1) is 13.7. The molecule has 146 valence electrons. The predicted molar refractivity (Wildman–Crippen MR) is 120 cm³/mol. The van der Waals surface area contributed by atoms with E-state index in [1.165, 1.54) is 17.3 Å². The molecule has 1 aliphatic heterocycles. The topological polar surface area (TPSA) is 61.2 Å². The maximum atomic E-state index is 7.53. The molecule has 0 spiro atoms. The third-order valence-corrected chi connectivity index (χ3v) is 5.09. The zero-order chi connectivity index (χ0) is 19.8. The number of allylic oxidation sites excluding steroid dienone is 1. The normalized spacial score (nSPS) is 15.7. The summed E-state index contributed by atoms with van der Waals surface area (Å²) in [7, 11) is 0. The molecule has 1 fully saturated rings. The van der Waals surface area contributed by atoms with Gasteiger partial charge in [0.05, 0.1) is 13.2 Å². The molecule has 0 bridgehead atoms. The summed E-state index contributed by atoms with van der Waals surface area (Å²) < 4.78 is 5.42. The first-order valence-electron chi connectivity index (χ1n) is 9.33. The van der Waals surface area contributed by atoms with Crippen LogP contribution in [0.5, 0.6) is 0 Å². The van der Waals surface area contributed by atoms with Gasteiger partial charge in [-0.05, 0) is 53.3 Å². The van der Waals surface area contributed by atoms with E-state index >= 15 is 0 Å². The minimum atomic E-state index is 0.744. The Hall–Kier alpha value is -2.41. The molecular weight excluding hydrogens is 368 g/mol. The van der Waals surface area contributed by atoms with Crippen LogP contribution in [0.2, 0.25) is 0 Å². The van der Waals surface area contributed by atoms with Crippen LogP contribution in [0.15, 0.2) is 48.3 Å². The number of thiol groups is 1. The minimum Gasteiger partial charge on any atom is -0.379 e. The van der Waals surface area contributed by atoms with Crippen LogP contribution >= 0.6 is 12.6 Å². The third-order valence-electron chi connectivity index (χ3n) is 4.81. The van der Waals surface area contributed by atoms with Crippen molar-refractivity contribution in [3.05, 3.63) is 70.5 Å². The van der Waals surface area contributed by atoms with Gasteiger partial charge in [0.25, 0.3) is 0 Å². The maximum Gasteiger partial charge on any atom is 0.0594 e. The van der Waals surface area contributed by atoms with Crippen LogP contribution in [0.3, 0.4) is 0 Å². The molecule has 5 nitrogen and oxygen atoms in total. The maximum absolute atomic E-state index is 7.53. The third kappa shape index (κ3) is 5.32. The van der Waals surface area contributed by atoms with Gasteiger partial charge < -0.3 is 15.5 Å². The van der Waals surface area contributed by atoms with Gasteiger partial charge in [-0.15, -0.1) is 0 Å². The van der Waals surface area contributed by atoms with Crippen molar-refractivity contribution in [1.29, 1.82) is 5.41 Å². The Labute approximate surface area is 172 Å². The number of pyridine rings is 1. The summed E-state index contributed by atoms with van der Waals surface area (Å²) in [6, 6.07) is 8.35. The molecule has 3 rings (SSSR count). The molecule has 0 unspecified atom stereocenters. The van der Waals surface area contributed by atoms with Gasteiger partial charge in [-0.2, -0.15) is 12.6 Å². The van der Waals surface area contributed by atoms with E-state index in [4.69, 9.17) is 10.1 Å². The molecule has 2 N–H and O–H groups in total. The highest BCUT2D eigenvalue weighted by Crippen LogP contribution is 2.20. The summed E-state index contributed by atoms with van der Waals surface area (Å²) in [5.41, 5.74) is 6.27. The Kier molecular flexibility index (Phi) is 7.42. The van der Waals surface area contributed by atoms with Gasteiger partial charge in [-0.25, -0.2) is 0 Å². The lowest BCUT2D eigenvalue weighted by Crippen LogP contribution is -2.35. The Morgan fingerprint density at radius 1 is 1.32 bits per heavy atom. The Morgan fingerprint density at radius 3 is 2.86 bits per heavy atom. The van der Waals surface area contributed by atoms with E-state index in [1.54, 1.807) is 17.8 Å². The predicted octanol–water partition coefficient (Wildman–Crippen LogP) is 4.23. The van der Waals surface area contributed by atoms with Crippen molar-refractivity contribution in [2.75, 3.05) is 31.6 Å². The fourth-order valence-corrected chi connectivity index (χ4v) is 3.39. The van der Waals surface area contributed by atoms with Crippen LogP contribution < -0.4 is 5.32 Å². The first kappa shape index (κ1) is 20.3. The van der Waals surface area contributed by atoms with E-state index in [-0.39, 0.29) is 0 Å². The molecule has 1 aromatic carbocycles. The lowest BCUT2D eigenvalue weighted by molar-refractivity contribution is 0.0341. The van der Waals surface area contributed by atoms with Crippen molar-refractivity contribution in [1.82, 2.24) is 9.88 Å². The highest BCUT2D eigenvalue weighted by atomic mass is 32.1. The van der Waals surface area contributed by atoms with Crippen molar-refractivity contribution in [2.24, 2.45) is 0 Å². The summed E-state index contributed by atoms with van der Waals surface area (Å²) in [5.74, 6) is 0. The number of anilines is 1. The molecule has 2 heterocycles. The van der Waals surface area contributed by atoms with Crippen LogP contribution in [0.1, 0.15) is 22.3 Å². The van der Waals surface area contributed by atoms with Crippen LogP contribution in [0.4, 0.5) is 5.69 Å². The molecule has 0 atom stereocenters. The van der Waals surface area contributed by atoms with Gasteiger partial charge >= 0.3 is 0 Å². The molecule has 1 aromatic heterocycles. The number of rotatable bonds is 7. The van der Waals surface area contributed by atoms with E-state index in [0.717, 1.165) is 55.2 Å². The zero-order valence-electron chi connectivity index (χ0n) is 16.1. The average Bonchev–Trinajstić information content (AvgIpc) is 2.73. The Bertz CT molecular complexity index is 873. The number of morpholine rings is 1. The van der Waals surface area contributed by atoms with E-state index in [1.807, 2.05) is 18.3 Å². The van der Waals surface area contributed by atoms with E-state index in [2.05, 4.69) is 53.0 Å². The van der Waals surface area contributed by atoms with Crippen LogP contribution in [0, 0.1) is 12.3 Å². The molecule has 0 radical (unpaired) electrons. The molecule has 28 heavy (non-hydrogen) atoms. The molecule has 1 aliphatic rings. The monoisotopic (exact) mass is 394 g/mol. The largest absolute Gasteiger partial charge is 0.379 e. The number of nitrogens with one attached hydrogen (secondary N) is 2. The van der Waals surface area contributed by atoms with Gasteiger partial charge in [0.1, 0.15) is 0 Å². The smallest absolute Gasteiger partial charge is 0.0594 e. The molecule has 0 aliphatic carbocycles. The van der Waals surface area contributed by atoms with E-state index in [9.17, 15) is 0 Å². The molecule has 2 aromatic rings. The molecule has 6 heteroatoms. The van der Waals surface area contributed by atoms with E-state index in [0.29, 0.717) is 0 Å². The Morgan fingerprint density at radius 2 is 2.14 bits per heavy atom. The second-order valence-electron chi connectivity index (χ2n) is 6.70. The highest BCUT2D eigenvalue weighted by Gasteiger charge is 2.11. The van der Waals surface area contributed by atoms with Gasteiger partial charge in [0, 0.05) is 61.3 Å². The number of nitrogens with zero attached hydrogens (tertiary/aromatic N) is 2. The summed E-state index contributed by atoms with van der Waals surface area (Å²) in [5, 5.41) is 12.5. The van der Waals surface area contributed by atoms with Gasteiger partial charge in [-0.1, -0.05) is 6.07 Å². The minimum absolute atomic E-state index is 0.744.